The predicted octanol–water partition coefficient (Wildman–Crippen LogP) is 1.63. The molecule has 28 heavy (non-hydrogen) atoms. The van der Waals surface area contributed by atoms with E-state index in [9.17, 15) is 14.0 Å². The zero-order valence-electron chi connectivity index (χ0n) is 15.1. The number of rotatable bonds is 5. The van der Waals surface area contributed by atoms with E-state index >= 15 is 0 Å². The number of nitrogens with one attached hydrogen (secondary N) is 1. The molecule has 1 N–H and O–H groups in total. The van der Waals surface area contributed by atoms with Crippen molar-refractivity contribution in [3.63, 3.8) is 0 Å². The lowest BCUT2D eigenvalue weighted by Crippen LogP contribution is -2.39. The van der Waals surface area contributed by atoms with E-state index in [1.807, 2.05) is 6.07 Å². The molecule has 2 aromatic rings. The van der Waals surface area contributed by atoms with Gasteiger partial charge in [0.25, 0.3) is 5.91 Å². The molecular weight excluding hydrogens is 367 g/mol. The number of nitrogens with zero attached hydrogens (tertiary/aromatic N) is 1. The molecular formula is C20H19FN2O5. The molecule has 0 saturated carbocycles. The van der Waals surface area contributed by atoms with Crippen molar-refractivity contribution >= 4 is 11.8 Å². The Morgan fingerprint density at radius 1 is 1.07 bits per heavy atom. The van der Waals surface area contributed by atoms with Gasteiger partial charge in [0.05, 0.1) is 6.42 Å². The van der Waals surface area contributed by atoms with E-state index in [-0.39, 0.29) is 44.0 Å². The van der Waals surface area contributed by atoms with Gasteiger partial charge in [-0.25, -0.2) is 4.39 Å². The highest BCUT2D eigenvalue weighted by molar-refractivity contribution is 5.80. The van der Waals surface area contributed by atoms with Crippen LogP contribution in [0.1, 0.15) is 11.1 Å². The van der Waals surface area contributed by atoms with Gasteiger partial charge in [0.15, 0.2) is 18.1 Å². The van der Waals surface area contributed by atoms with E-state index in [1.165, 1.54) is 18.2 Å². The highest BCUT2D eigenvalue weighted by Crippen LogP contribution is 2.32. The molecule has 0 saturated heterocycles. The van der Waals surface area contributed by atoms with Crippen molar-refractivity contribution in [3.05, 3.63) is 53.3 Å². The molecule has 0 radical (unpaired) electrons. The quantitative estimate of drug-likeness (QED) is 0.845. The van der Waals surface area contributed by atoms with Gasteiger partial charge in [-0.2, -0.15) is 0 Å². The standard InChI is InChI=1S/C20H19FN2O5/c21-15-2-4-16-14(9-15)10-23(20(25)11-26-16)6-5-22-19(24)8-13-1-3-17-18(7-13)28-12-27-17/h1-4,7,9H,5-6,8,10-12H2,(H,22,24). The van der Waals surface area contributed by atoms with E-state index in [2.05, 4.69) is 5.32 Å². The van der Waals surface area contributed by atoms with Gasteiger partial charge in [-0.05, 0) is 35.9 Å². The van der Waals surface area contributed by atoms with Crippen LogP contribution in [-0.2, 0) is 22.6 Å². The Morgan fingerprint density at radius 3 is 2.79 bits per heavy atom. The lowest BCUT2D eigenvalue weighted by Gasteiger charge is -2.20. The normalized spacial score (nSPS) is 14.9. The van der Waals surface area contributed by atoms with Gasteiger partial charge in [0, 0.05) is 25.2 Å². The molecule has 2 amide bonds. The molecule has 0 unspecified atom stereocenters. The number of hydrogen-bond acceptors (Lipinski definition) is 5. The van der Waals surface area contributed by atoms with Crippen molar-refractivity contribution in [1.82, 2.24) is 10.2 Å². The molecule has 2 aliphatic rings. The maximum Gasteiger partial charge on any atom is 0.260 e. The number of ether oxygens (including phenoxy) is 3. The van der Waals surface area contributed by atoms with Gasteiger partial charge in [0.1, 0.15) is 11.6 Å². The number of hydrogen-bond donors (Lipinski definition) is 1. The molecule has 0 fully saturated rings. The predicted molar refractivity (Wildman–Crippen MR) is 96.6 cm³/mol. The minimum Gasteiger partial charge on any atom is -0.483 e. The van der Waals surface area contributed by atoms with Crippen molar-refractivity contribution in [2.75, 3.05) is 26.5 Å². The first-order valence-corrected chi connectivity index (χ1v) is 8.93. The molecule has 0 atom stereocenters. The lowest BCUT2D eigenvalue weighted by molar-refractivity contribution is -0.133. The minimum atomic E-state index is -0.381. The van der Waals surface area contributed by atoms with Gasteiger partial charge in [-0.15, -0.1) is 0 Å². The number of amides is 2. The van der Waals surface area contributed by atoms with Crippen LogP contribution in [0.5, 0.6) is 17.2 Å². The zero-order chi connectivity index (χ0) is 19.5. The summed E-state index contributed by atoms with van der Waals surface area (Å²) >= 11 is 0. The summed E-state index contributed by atoms with van der Waals surface area (Å²) in [5, 5.41) is 2.80. The maximum absolute atomic E-state index is 13.5. The first-order chi connectivity index (χ1) is 13.6. The van der Waals surface area contributed by atoms with Crippen molar-refractivity contribution in [1.29, 1.82) is 0 Å². The first-order valence-electron chi connectivity index (χ1n) is 8.93. The monoisotopic (exact) mass is 386 g/mol. The summed E-state index contributed by atoms with van der Waals surface area (Å²) in [5.74, 6) is 1.05. The third-order valence-corrected chi connectivity index (χ3v) is 4.59. The number of halogens is 1. The Hall–Kier alpha value is -3.29. The Kier molecular flexibility index (Phi) is 5.01. The fourth-order valence-corrected chi connectivity index (χ4v) is 3.17. The summed E-state index contributed by atoms with van der Waals surface area (Å²) in [7, 11) is 0. The second-order valence-electron chi connectivity index (χ2n) is 6.57. The van der Waals surface area contributed by atoms with Crippen molar-refractivity contribution in [2.24, 2.45) is 0 Å². The van der Waals surface area contributed by atoms with Crippen LogP contribution in [-0.4, -0.2) is 43.2 Å². The number of fused-ring (bicyclic) bond motifs is 2. The molecule has 0 aromatic heterocycles. The Bertz CT molecular complexity index is 917. The molecule has 7 nitrogen and oxygen atoms in total. The van der Waals surface area contributed by atoms with Gasteiger partial charge in [-0.3, -0.25) is 9.59 Å². The van der Waals surface area contributed by atoms with Crippen LogP contribution < -0.4 is 19.5 Å². The highest BCUT2D eigenvalue weighted by Gasteiger charge is 2.22. The van der Waals surface area contributed by atoms with Gasteiger partial charge >= 0.3 is 0 Å². The number of benzene rings is 2. The molecule has 8 heteroatoms. The molecule has 4 rings (SSSR count). The molecule has 0 spiro atoms. The molecule has 0 bridgehead atoms. The highest BCUT2D eigenvalue weighted by atomic mass is 19.1. The van der Waals surface area contributed by atoms with Gasteiger partial charge in [0.2, 0.25) is 12.7 Å². The van der Waals surface area contributed by atoms with Crippen molar-refractivity contribution < 1.29 is 28.2 Å². The van der Waals surface area contributed by atoms with Crippen molar-refractivity contribution in [2.45, 2.75) is 13.0 Å². The Morgan fingerprint density at radius 2 is 1.89 bits per heavy atom. The van der Waals surface area contributed by atoms with E-state index in [0.717, 1.165) is 5.56 Å². The van der Waals surface area contributed by atoms with Gasteiger partial charge < -0.3 is 24.4 Å². The van der Waals surface area contributed by atoms with E-state index in [1.54, 1.807) is 17.0 Å². The Balaban J connectivity index is 1.30. The molecule has 0 aliphatic carbocycles. The fraction of sp³-hybridized carbons (Fsp3) is 0.300. The SMILES string of the molecule is O=C(Cc1ccc2c(c1)OCO2)NCCN1Cc2cc(F)ccc2OCC1=O. The second kappa shape index (κ2) is 7.75. The van der Waals surface area contributed by atoms with Crippen LogP contribution in [0.15, 0.2) is 36.4 Å². The van der Waals surface area contributed by atoms with Crippen molar-refractivity contribution in [3.8, 4) is 17.2 Å². The maximum atomic E-state index is 13.5. The molecule has 146 valence electrons. The largest absolute Gasteiger partial charge is 0.483 e. The van der Waals surface area contributed by atoms with Crippen LogP contribution in [0, 0.1) is 5.82 Å². The van der Waals surface area contributed by atoms with Crippen LogP contribution in [0.25, 0.3) is 0 Å². The average molecular weight is 386 g/mol. The topological polar surface area (TPSA) is 77.1 Å². The summed E-state index contributed by atoms with van der Waals surface area (Å²) < 4.78 is 29.4. The molecule has 2 heterocycles. The molecule has 2 aliphatic heterocycles. The number of carbonyl (C=O) groups is 2. The summed E-state index contributed by atoms with van der Waals surface area (Å²) in [6.45, 7) is 0.921. The third-order valence-electron chi connectivity index (χ3n) is 4.59. The zero-order valence-corrected chi connectivity index (χ0v) is 15.1. The Labute approximate surface area is 161 Å². The lowest BCUT2D eigenvalue weighted by atomic mass is 10.1. The first kappa shape index (κ1) is 18.1. The molecule has 2 aromatic carbocycles. The number of carbonyl (C=O) groups excluding carboxylic acids is 2. The van der Waals surface area contributed by atoms with E-state index < -0.39 is 0 Å². The van der Waals surface area contributed by atoms with Crippen LogP contribution in [0.2, 0.25) is 0 Å². The van der Waals surface area contributed by atoms with E-state index in [0.29, 0.717) is 35.9 Å². The summed E-state index contributed by atoms with van der Waals surface area (Å²) in [6, 6.07) is 9.55. The summed E-state index contributed by atoms with van der Waals surface area (Å²) in [5.41, 5.74) is 1.42. The average Bonchev–Trinajstić information content (AvgIpc) is 3.08. The van der Waals surface area contributed by atoms with E-state index in [4.69, 9.17) is 14.2 Å². The summed E-state index contributed by atoms with van der Waals surface area (Å²) in [4.78, 5) is 25.9. The summed E-state index contributed by atoms with van der Waals surface area (Å²) in [6.07, 6.45) is 0.196. The third kappa shape index (κ3) is 4.00. The minimum absolute atomic E-state index is 0.107. The van der Waals surface area contributed by atoms with Gasteiger partial charge in [-0.1, -0.05) is 6.07 Å². The fourth-order valence-electron chi connectivity index (χ4n) is 3.17. The second-order valence-corrected chi connectivity index (χ2v) is 6.57. The van der Waals surface area contributed by atoms with Crippen LogP contribution in [0.4, 0.5) is 4.39 Å². The van der Waals surface area contributed by atoms with Crippen LogP contribution in [0.3, 0.4) is 0 Å². The smallest absolute Gasteiger partial charge is 0.260 e. The van der Waals surface area contributed by atoms with Crippen LogP contribution >= 0.6 is 0 Å².